The van der Waals surface area contributed by atoms with Gasteiger partial charge in [-0.15, -0.1) is 23.8 Å². The number of phenols is 1. The van der Waals surface area contributed by atoms with Crippen molar-refractivity contribution >= 4 is 43.7 Å². The minimum atomic E-state index is -0.0703. The van der Waals surface area contributed by atoms with Crippen LogP contribution in [-0.4, -0.2) is 19.6 Å². The first-order valence-electron chi connectivity index (χ1n) is 20.6. The molecule has 0 amide bonds. The SMILES string of the molecule is CC(C)(C)c1ccc(-n2c(-c3ccccc3O)nc3c(-c4[c-]c(-c5nccc6oc7ccc8ccccc8c7c56)cc(-c5ccccc5)c4)cccc32)c(-c2ccccc2)c1.[Pt]. The second-order valence-corrected chi connectivity index (χ2v) is 16.7. The minimum Gasteiger partial charge on any atom is -0.507 e. The zero-order chi connectivity index (χ0) is 41.2. The number of pyridine rings is 1. The molecule has 0 atom stereocenters. The number of fused-ring (bicyclic) bond motifs is 6. The summed E-state index contributed by atoms with van der Waals surface area (Å²) in [6.07, 6.45) is 1.82. The van der Waals surface area contributed by atoms with Crippen molar-refractivity contribution in [3.63, 3.8) is 0 Å². The summed E-state index contributed by atoms with van der Waals surface area (Å²) in [5.74, 6) is 0.802. The van der Waals surface area contributed by atoms with E-state index in [-0.39, 0.29) is 32.2 Å². The van der Waals surface area contributed by atoms with E-state index in [1.807, 2.05) is 42.6 Å². The van der Waals surface area contributed by atoms with Crippen LogP contribution in [-0.2, 0) is 26.5 Å². The van der Waals surface area contributed by atoms with E-state index >= 15 is 0 Å². The third-order valence-corrected chi connectivity index (χ3v) is 11.8. The van der Waals surface area contributed by atoms with E-state index in [4.69, 9.17) is 14.4 Å². The molecular weight excluding hydrogens is 942 g/mol. The van der Waals surface area contributed by atoms with Gasteiger partial charge in [0, 0.05) is 49.3 Å². The molecule has 3 heterocycles. The number of para-hydroxylation sites is 2. The number of furan rings is 1. The molecule has 11 aromatic rings. The van der Waals surface area contributed by atoms with Gasteiger partial charge in [0.05, 0.1) is 22.3 Å². The van der Waals surface area contributed by atoms with Gasteiger partial charge in [-0.3, -0.25) is 9.55 Å². The Morgan fingerprint density at radius 2 is 1.27 bits per heavy atom. The summed E-state index contributed by atoms with van der Waals surface area (Å²) in [6, 6.07) is 64.2. The molecule has 1 N–H and O–H groups in total. The zero-order valence-corrected chi connectivity index (χ0v) is 36.6. The predicted molar refractivity (Wildman–Crippen MR) is 250 cm³/mol. The van der Waals surface area contributed by atoms with Crippen LogP contribution in [0.3, 0.4) is 0 Å². The van der Waals surface area contributed by atoms with Gasteiger partial charge in [0.1, 0.15) is 22.7 Å². The topological polar surface area (TPSA) is 64.1 Å². The van der Waals surface area contributed by atoms with Crippen LogP contribution in [0.2, 0.25) is 0 Å². The van der Waals surface area contributed by atoms with Gasteiger partial charge in [-0.25, -0.2) is 4.98 Å². The van der Waals surface area contributed by atoms with E-state index in [2.05, 4.69) is 165 Å². The zero-order valence-electron chi connectivity index (χ0n) is 34.3. The molecule has 11 rings (SSSR count). The fourth-order valence-corrected chi connectivity index (χ4v) is 8.78. The third kappa shape index (κ3) is 6.61. The normalized spacial score (nSPS) is 11.7. The van der Waals surface area contributed by atoms with Gasteiger partial charge < -0.3 is 9.52 Å². The van der Waals surface area contributed by atoms with Crippen molar-refractivity contribution in [1.29, 1.82) is 0 Å². The molecule has 0 aliphatic heterocycles. The molecule has 0 spiro atoms. The van der Waals surface area contributed by atoms with E-state index in [9.17, 15) is 5.11 Å². The smallest absolute Gasteiger partial charge is 0.148 e. The number of nitrogens with zero attached hydrogens (tertiary/aromatic N) is 3. The van der Waals surface area contributed by atoms with E-state index in [1.165, 1.54) is 5.56 Å². The van der Waals surface area contributed by atoms with Gasteiger partial charge >= 0.3 is 0 Å². The fourth-order valence-electron chi connectivity index (χ4n) is 8.78. The van der Waals surface area contributed by atoms with Crippen LogP contribution >= 0.6 is 0 Å². The fraction of sp³-hybridized carbons (Fsp3) is 0.0714. The molecule has 0 aliphatic rings. The van der Waals surface area contributed by atoms with Gasteiger partial charge in [-0.1, -0.05) is 159 Å². The molecule has 3 aromatic heterocycles. The van der Waals surface area contributed by atoms with Crippen LogP contribution in [0.1, 0.15) is 26.3 Å². The van der Waals surface area contributed by atoms with Crippen LogP contribution in [0.15, 0.2) is 187 Å². The standard InChI is InChI=1S/C56H40N3O2.Pt/c1-56(2,3)41-26-27-46(45(34-41)36-17-8-5-9-18-36)59-47-23-14-22-43(54(47)58-55(59)44-21-12-13-24-48(44)60)39-31-38(35-15-6-4-7-16-35)32-40(33-39)53-52-50(29-30-57-53)61-49-28-25-37-19-10-11-20-42(37)51(49)52;/h4-32,34,60H,1-3H3;/q-1;. The van der Waals surface area contributed by atoms with E-state index < -0.39 is 0 Å². The van der Waals surface area contributed by atoms with Crippen LogP contribution in [0.25, 0.3) is 105 Å². The Hall–Kier alpha value is -7.07. The molecule has 62 heavy (non-hydrogen) atoms. The van der Waals surface area contributed by atoms with Gasteiger partial charge in [-0.05, 0) is 75.3 Å². The van der Waals surface area contributed by atoms with Crippen molar-refractivity contribution in [1.82, 2.24) is 14.5 Å². The van der Waals surface area contributed by atoms with Crippen molar-refractivity contribution in [3.05, 3.63) is 194 Å². The summed E-state index contributed by atoms with van der Waals surface area (Å²) in [4.78, 5) is 10.5. The average molecular weight is 982 g/mol. The summed E-state index contributed by atoms with van der Waals surface area (Å²) in [5.41, 5.74) is 13.8. The number of hydrogen-bond donors (Lipinski definition) is 1. The molecule has 0 fully saturated rings. The van der Waals surface area contributed by atoms with Crippen molar-refractivity contribution in [2.24, 2.45) is 0 Å². The Morgan fingerprint density at radius 3 is 2.06 bits per heavy atom. The summed E-state index contributed by atoms with van der Waals surface area (Å²) in [5, 5.41) is 15.7. The Balaban J connectivity index is 0.00000458. The van der Waals surface area contributed by atoms with Crippen molar-refractivity contribution in [2.45, 2.75) is 26.2 Å². The Bertz CT molecular complexity index is 3470. The number of imidazole rings is 1. The molecular formula is C56H40N3O2Pt-. The first-order valence-corrected chi connectivity index (χ1v) is 20.6. The Labute approximate surface area is 374 Å². The number of rotatable bonds is 6. The van der Waals surface area contributed by atoms with Crippen LogP contribution < -0.4 is 0 Å². The number of aromatic hydroxyl groups is 1. The van der Waals surface area contributed by atoms with Crippen molar-refractivity contribution < 1.29 is 30.6 Å². The largest absolute Gasteiger partial charge is 0.507 e. The van der Waals surface area contributed by atoms with Crippen molar-refractivity contribution in [2.75, 3.05) is 0 Å². The number of hydrogen-bond acceptors (Lipinski definition) is 4. The number of benzene rings is 8. The summed E-state index contributed by atoms with van der Waals surface area (Å²) >= 11 is 0. The van der Waals surface area contributed by atoms with Crippen LogP contribution in [0, 0.1) is 6.07 Å². The minimum absolute atomic E-state index is 0. The second-order valence-electron chi connectivity index (χ2n) is 16.7. The molecule has 8 aromatic carbocycles. The van der Waals surface area contributed by atoms with Crippen LogP contribution in [0.4, 0.5) is 0 Å². The monoisotopic (exact) mass is 981 g/mol. The van der Waals surface area contributed by atoms with Gasteiger partial charge in [0.2, 0.25) is 0 Å². The summed E-state index contributed by atoms with van der Waals surface area (Å²) < 4.78 is 8.70. The van der Waals surface area contributed by atoms with Gasteiger partial charge in [-0.2, -0.15) is 0 Å². The summed E-state index contributed by atoms with van der Waals surface area (Å²) in [6.45, 7) is 6.72. The molecule has 0 saturated heterocycles. The third-order valence-electron chi connectivity index (χ3n) is 11.8. The average Bonchev–Trinajstić information content (AvgIpc) is 3.88. The molecule has 0 bridgehead atoms. The number of aromatic nitrogens is 3. The van der Waals surface area contributed by atoms with Gasteiger partial charge in [0.25, 0.3) is 0 Å². The first-order chi connectivity index (χ1) is 29.8. The quantitative estimate of drug-likeness (QED) is 0.169. The van der Waals surface area contributed by atoms with Crippen molar-refractivity contribution in [3.8, 4) is 67.5 Å². The molecule has 0 saturated carbocycles. The molecule has 0 unspecified atom stereocenters. The van der Waals surface area contributed by atoms with E-state index in [0.29, 0.717) is 11.4 Å². The molecule has 0 radical (unpaired) electrons. The molecule has 5 nitrogen and oxygen atoms in total. The first kappa shape index (κ1) is 39.1. The second kappa shape index (κ2) is 15.4. The summed E-state index contributed by atoms with van der Waals surface area (Å²) in [7, 11) is 0. The van der Waals surface area contributed by atoms with E-state index in [1.54, 1.807) is 6.07 Å². The molecule has 0 aliphatic carbocycles. The molecule has 6 heteroatoms. The van der Waals surface area contributed by atoms with Crippen LogP contribution in [0.5, 0.6) is 5.75 Å². The van der Waals surface area contributed by atoms with Gasteiger partial charge in [0.15, 0.2) is 0 Å². The maximum atomic E-state index is 11.4. The predicted octanol–water partition coefficient (Wildman–Crippen LogP) is 14.6. The molecule has 302 valence electrons. The Morgan fingerprint density at radius 1 is 0.581 bits per heavy atom. The maximum absolute atomic E-state index is 11.4. The maximum Gasteiger partial charge on any atom is 0.148 e. The number of phenolic OH excluding ortho intramolecular Hbond substituents is 1. The van der Waals surface area contributed by atoms with E-state index in [0.717, 1.165) is 94.1 Å². The Kier molecular flexibility index (Phi) is 9.73.